The molecule has 21 heavy (non-hydrogen) atoms. The number of hydrogen-bond donors (Lipinski definition) is 1. The van der Waals surface area contributed by atoms with Gasteiger partial charge in [-0.15, -0.1) is 0 Å². The summed E-state index contributed by atoms with van der Waals surface area (Å²) in [4.78, 5) is 11.8. The van der Waals surface area contributed by atoms with Crippen LogP contribution in [0.4, 0.5) is 5.69 Å². The molecule has 116 valence electrons. The topological polar surface area (TPSA) is 56.8 Å². The molecule has 1 aromatic carbocycles. The van der Waals surface area contributed by atoms with Crippen LogP contribution in [0, 0.1) is 3.57 Å². The smallest absolute Gasteiger partial charge is 0.349 e. The average molecular weight is 405 g/mol. The Bertz CT molecular complexity index is 507. The van der Waals surface area contributed by atoms with Crippen LogP contribution in [0.1, 0.15) is 26.7 Å². The normalized spacial score (nSPS) is 16.4. The third-order valence-electron chi connectivity index (χ3n) is 3.09. The van der Waals surface area contributed by atoms with E-state index in [9.17, 15) is 4.79 Å². The molecule has 0 bridgehead atoms. The monoisotopic (exact) mass is 405 g/mol. The summed E-state index contributed by atoms with van der Waals surface area (Å²) < 4.78 is 17.5. The van der Waals surface area contributed by atoms with Gasteiger partial charge in [0.15, 0.2) is 0 Å². The zero-order valence-electron chi connectivity index (χ0n) is 12.3. The van der Waals surface area contributed by atoms with Crippen LogP contribution >= 0.6 is 22.6 Å². The molecule has 1 aliphatic rings. The number of nitrogens with one attached hydrogen (secondary N) is 1. The van der Waals surface area contributed by atoms with E-state index in [4.69, 9.17) is 14.2 Å². The number of unbranched alkanes of at least 4 members (excludes halogenated alkanes) is 1. The lowest BCUT2D eigenvalue weighted by Gasteiger charge is -2.26. The minimum Gasteiger partial charge on any atom is -0.492 e. The summed E-state index contributed by atoms with van der Waals surface area (Å²) in [6.45, 7) is 5.35. The van der Waals surface area contributed by atoms with Gasteiger partial charge in [-0.3, -0.25) is 0 Å². The van der Waals surface area contributed by atoms with Gasteiger partial charge in [0.1, 0.15) is 11.5 Å². The molecule has 1 N–H and O–H groups in total. The number of halogens is 1. The van der Waals surface area contributed by atoms with E-state index in [2.05, 4.69) is 34.8 Å². The SMILES string of the molecule is CCCCOc1cc2c(cc1I)NCC(C(=O)OCC)O2. The van der Waals surface area contributed by atoms with Crippen molar-refractivity contribution in [1.29, 1.82) is 0 Å². The van der Waals surface area contributed by atoms with Crippen LogP contribution in [0.15, 0.2) is 12.1 Å². The first-order chi connectivity index (χ1) is 10.2. The quantitative estimate of drug-likeness (QED) is 0.448. The van der Waals surface area contributed by atoms with Gasteiger partial charge in [0.25, 0.3) is 0 Å². The van der Waals surface area contributed by atoms with Crippen LogP contribution in [-0.4, -0.2) is 31.8 Å². The van der Waals surface area contributed by atoms with Gasteiger partial charge in [-0.25, -0.2) is 4.79 Å². The van der Waals surface area contributed by atoms with Crippen molar-refractivity contribution >= 4 is 34.2 Å². The number of hydrogen-bond acceptors (Lipinski definition) is 5. The Morgan fingerprint density at radius 2 is 2.29 bits per heavy atom. The fourth-order valence-electron chi connectivity index (χ4n) is 1.97. The van der Waals surface area contributed by atoms with Gasteiger partial charge in [-0.05, 0) is 42.0 Å². The summed E-state index contributed by atoms with van der Waals surface area (Å²) in [5, 5.41) is 3.20. The Kier molecular flexibility index (Phi) is 5.96. The highest BCUT2D eigenvalue weighted by molar-refractivity contribution is 14.1. The predicted molar refractivity (Wildman–Crippen MR) is 89.1 cm³/mol. The van der Waals surface area contributed by atoms with Gasteiger partial charge in [0, 0.05) is 6.07 Å². The molecule has 0 spiro atoms. The molecule has 0 amide bonds. The number of fused-ring (bicyclic) bond motifs is 1. The predicted octanol–water partition coefficient (Wildman–Crippen LogP) is 3.21. The maximum Gasteiger partial charge on any atom is 0.349 e. The van der Waals surface area contributed by atoms with E-state index in [1.54, 1.807) is 6.92 Å². The van der Waals surface area contributed by atoms with Gasteiger partial charge < -0.3 is 19.5 Å². The molecule has 0 fully saturated rings. The van der Waals surface area contributed by atoms with Crippen molar-refractivity contribution in [1.82, 2.24) is 0 Å². The number of rotatable bonds is 6. The average Bonchev–Trinajstić information content (AvgIpc) is 2.48. The molecule has 2 rings (SSSR count). The molecule has 5 nitrogen and oxygen atoms in total. The molecule has 0 saturated heterocycles. The second-order valence-electron chi connectivity index (χ2n) is 4.72. The lowest BCUT2D eigenvalue weighted by Crippen LogP contribution is -2.39. The fourth-order valence-corrected chi connectivity index (χ4v) is 2.59. The van der Waals surface area contributed by atoms with Gasteiger partial charge in [-0.2, -0.15) is 0 Å². The van der Waals surface area contributed by atoms with Crippen LogP contribution in [0.5, 0.6) is 11.5 Å². The summed E-state index contributed by atoms with van der Waals surface area (Å²) in [6, 6.07) is 3.81. The minimum atomic E-state index is -0.610. The maximum atomic E-state index is 11.8. The lowest BCUT2D eigenvalue weighted by molar-refractivity contribution is -0.150. The number of esters is 1. The lowest BCUT2D eigenvalue weighted by atomic mass is 10.2. The highest BCUT2D eigenvalue weighted by Gasteiger charge is 2.28. The molecule has 0 radical (unpaired) electrons. The van der Waals surface area contributed by atoms with Crippen LogP contribution in [0.2, 0.25) is 0 Å². The van der Waals surface area contributed by atoms with Gasteiger partial charge in [0.05, 0.1) is 29.0 Å². The first-order valence-electron chi connectivity index (χ1n) is 7.19. The van der Waals surface area contributed by atoms with Crippen molar-refractivity contribution in [3.63, 3.8) is 0 Å². The Labute approximate surface area is 138 Å². The zero-order valence-corrected chi connectivity index (χ0v) is 14.4. The second-order valence-corrected chi connectivity index (χ2v) is 5.88. The number of carbonyl (C=O) groups is 1. The van der Waals surface area contributed by atoms with Crippen LogP contribution < -0.4 is 14.8 Å². The van der Waals surface area contributed by atoms with E-state index in [0.29, 0.717) is 25.5 Å². The molecule has 1 aromatic rings. The number of carbonyl (C=O) groups excluding carboxylic acids is 1. The summed E-state index contributed by atoms with van der Waals surface area (Å²) >= 11 is 2.24. The molecule has 0 saturated carbocycles. The van der Waals surface area contributed by atoms with Crippen molar-refractivity contribution in [2.24, 2.45) is 0 Å². The number of benzene rings is 1. The minimum absolute atomic E-state index is 0.345. The molecule has 1 unspecified atom stereocenters. The summed E-state index contributed by atoms with van der Waals surface area (Å²) in [6.07, 6.45) is 1.49. The molecule has 0 aliphatic carbocycles. The molecule has 1 atom stereocenters. The van der Waals surface area contributed by atoms with E-state index in [-0.39, 0.29) is 5.97 Å². The largest absolute Gasteiger partial charge is 0.492 e. The standard InChI is InChI=1S/C15H20INO4/c1-3-5-6-20-12-8-13-11(7-10(12)16)17-9-14(21-13)15(18)19-4-2/h7-8,14,17H,3-6,9H2,1-2H3. The molecule has 6 heteroatoms. The van der Waals surface area contributed by atoms with E-state index < -0.39 is 6.10 Å². The third-order valence-corrected chi connectivity index (χ3v) is 3.93. The van der Waals surface area contributed by atoms with Gasteiger partial charge >= 0.3 is 5.97 Å². The molecular weight excluding hydrogens is 385 g/mol. The molecule has 0 aromatic heterocycles. The van der Waals surface area contributed by atoms with E-state index >= 15 is 0 Å². The number of anilines is 1. The van der Waals surface area contributed by atoms with Crippen molar-refractivity contribution in [2.75, 3.05) is 25.1 Å². The Balaban J connectivity index is 2.10. The second kappa shape index (κ2) is 7.72. The van der Waals surface area contributed by atoms with Crippen LogP contribution in [-0.2, 0) is 9.53 Å². The van der Waals surface area contributed by atoms with Crippen LogP contribution in [0.25, 0.3) is 0 Å². The van der Waals surface area contributed by atoms with E-state index in [1.165, 1.54) is 0 Å². The summed E-state index contributed by atoms with van der Waals surface area (Å²) in [7, 11) is 0. The van der Waals surface area contributed by atoms with Gasteiger partial charge in [-0.1, -0.05) is 13.3 Å². The van der Waals surface area contributed by atoms with Crippen molar-refractivity contribution in [2.45, 2.75) is 32.8 Å². The maximum absolute atomic E-state index is 11.8. The number of ether oxygens (including phenoxy) is 3. The van der Waals surface area contributed by atoms with E-state index in [1.807, 2.05) is 12.1 Å². The third kappa shape index (κ3) is 4.15. The molecule has 1 heterocycles. The Hall–Kier alpha value is -1.18. The van der Waals surface area contributed by atoms with Crippen molar-refractivity contribution in [3.8, 4) is 11.5 Å². The van der Waals surface area contributed by atoms with Crippen molar-refractivity contribution in [3.05, 3.63) is 15.7 Å². The summed E-state index contributed by atoms with van der Waals surface area (Å²) in [5.41, 5.74) is 0.878. The van der Waals surface area contributed by atoms with Crippen LogP contribution in [0.3, 0.4) is 0 Å². The highest BCUT2D eigenvalue weighted by atomic mass is 127. The highest BCUT2D eigenvalue weighted by Crippen LogP contribution is 2.36. The first kappa shape index (κ1) is 16.2. The molecular formula is C15H20INO4. The van der Waals surface area contributed by atoms with Gasteiger partial charge in [0.2, 0.25) is 6.10 Å². The Morgan fingerprint density at radius 3 is 3.00 bits per heavy atom. The first-order valence-corrected chi connectivity index (χ1v) is 8.27. The van der Waals surface area contributed by atoms with E-state index in [0.717, 1.165) is 27.8 Å². The fraction of sp³-hybridized carbons (Fsp3) is 0.533. The molecule has 1 aliphatic heterocycles. The van der Waals surface area contributed by atoms with Crippen molar-refractivity contribution < 1.29 is 19.0 Å². The zero-order chi connectivity index (χ0) is 15.2. The Morgan fingerprint density at radius 1 is 1.48 bits per heavy atom. The summed E-state index contributed by atoms with van der Waals surface area (Å²) in [5.74, 6) is 1.07.